The molecule has 2 aromatic heterocycles. The van der Waals surface area contributed by atoms with E-state index in [9.17, 15) is 4.79 Å². The zero-order valence-electron chi connectivity index (χ0n) is 17.1. The zero-order valence-corrected chi connectivity index (χ0v) is 17.1. The molecule has 29 heavy (non-hydrogen) atoms. The molecule has 1 aromatic carbocycles. The first kappa shape index (κ1) is 20.5. The van der Waals surface area contributed by atoms with Gasteiger partial charge in [-0.2, -0.15) is 0 Å². The number of benzene rings is 1. The Labute approximate surface area is 171 Å². The summed E-state index contributed by atoms with van der Waals surface area (Å²) in [5.41, 5.74) is 3.60. The molecule has 0 fully saturated rings. The summed E-state index contributed by atoms with van der Waals surface area (Å²) in [4.78, 5) is 20.2. The summed E-state index contributed by atoms with van der Waals surface area (Å²) >= 11 is 0. The van der Waals surface area contributed by atoms with Crippen molar-refractivity contribution < 1.29 is 14.3 Å². The molecule has 0 aliphatic heterocycles. The number of esters is 1. The van der Waals surface area contributed by atoms with Crippen LogP contribution in [-0.2, 0) is 24.2 Å². The largest absolute Gasteiger partial charge is 0.487 e. The first-order valence-corrected chi connectivity index (χ1v) is 9.60. The number of methoxy groups -OCH3 is 1. The Kier molecular flexibility index (Phi) is 6.60. The van der Waals surface area contributed by atoms with Crippen molar-refractivity contribution >= 4 is 5.97 Å². The van der Waals surface area contributed by atoms with Crippen LogP contribution in [0.5, 0.6) is 5.75 Å². The minimum atomic E-state index is -0.367. The summed E-state index contributed by atoms with van der Waals surface area (Å²) in [7, 11) is 1.37. The van der Waals surface area contributed by atoms with E-state index in [1.165, 1.54) is 12.7 Å². The molecule has 0 radical (unpaired) electrons. The summed E-state index contributed by atoms with van der Waals surface area (Å²) in [6.07, 6.45) is 5.06. The van der Waals surface area contributed by atoms with Crippen molar-refractivity contribution in [1.82, 2.24) is 9.97 Å². The second-order valence-corrected chi connectivity index (χ2v) is 7.80. The quantitative estimate of drug-likeness (QED) is 0.524. The van der Waals surface area contributed by atoms with Gasteiger partial charge in [0.05, 0.1) is 18.4 Å². The van der Waals surface area contributed by atoms with Crippen molar-refractivity contribution in [1.29, 1.82) is 0 Å². The van der Waals surface area contributed by atoms with Crippen molar-refractivity contribution in [3.05, 3.63) is 89.5 Å². The lowest BCUT2D eigenvalue weighted by Crippen LogP contribution is -2.19. The monoisotopic (exact) mass is 390 g/mol. The third-order valence-electron chi connectivity index (χ3n) is 4.62. The maximum absolute atomic E-state index is 11.5. The molecule has 0 N–H and O–H groups in total. The van der Waals surface area contributed by atoms with Gasteiger partial charge in [0, 0.05) is 18.1 Å². The molecule has 0 spiro atoms. The molecule has 3 rings (SSSR count). The van der Waals surface area contributed by atoms with Gasteiger partial charge in [-0.3, -0.25) is 9.97 Å². The first-order valence-electron chi connectivity index (χ1n) is 9.60. The predicted octanol–water partition coefficient (Wildman–Crippen LogP) is 4.65. The molecule has 0 unspecified atom stereocenters. The Balaban J connectivity index is 1.56. The molecule has 150 valence electrons. The van der Waals surface area contributed by atoms with Gasteiger partial charge in [-0.15, -0.1) is 0 Å². The minimum Gasteiger partial charge on any atom is -0.487 e. The number of aromatic nitrogens is 2. The van der Waals surface area contributed by atoms with E-state index >= 15 is 0 Å². The summed E-state index contributed by atoms with van der Waals surface area (Å²) in [5.74, 6) is 0.464. The van der Waals surface area contributed by atoms with Crippen LogP contribution < -0.4 is 4.74 Å². The van der Waals surface area contributed by atoms with E-state index in [1.54, 1.807) is 18.5 Å². The highest BCUT2D eigenvalue weighted by Crippen LogP contribution is 2.27. The average molecular weight is 390 g/mol. The Morgan fingerprint density at radius 1 is 0.931 bits per heavy atom. The number of pyridine rings is 2. The highest BCUT2D eigenvalue weighted by molar-refractivity contribution is 5.88. The lowest BCUT2D eigenvalue weighted by molar-refractivity contribution is 0.0600. The van der Waals surface area contributed by atoms with Gasteiger partial charge in [-0.05, 0) is 60.2 Å². The molecule has 0 bridgehead atoms. The van der Waals surface area contributed by atoms with E-state index < -0.39 is 0 Å². The SMILES string of the molecule is COC(=O)c1ccc(CC(C)(C)Cc2ccc(OCc3ccccn3)cc2)nc1. The highest BCUT2D eigenvalue weighted by Gasteiger charge is 2.20. The van der Waals surface area contributed by atoms with Crippen molar-refractivity contribution in [2.75, 3.05) is 7.11 Å². The fourth-order valence-corrected chi connectivity index (χ4v) is 3.22. The molecule has 5 nitrogen and oxygen atoms in total. The maximum Gasteiger partial charge on any atom is 0.339 e. The summed E-state index contributed by atoms with van der Waals surface area (Å²) in [6.45, 7) is 4.89. The fourth-order valence-electron chi connectivity index (χ4n) is 3.22. The first-order chi connectivity index (χ1) is 13.9. The van der Waals surface area contributed by atoms with Crippen LogP contribution in [0.1, 0.15) is 41.2 Å². The molecule has 5 heteroatoms. The van der Waals surface area contributed by atoms with E-state index in [2.05, 4.69) is 35.9 Å². The normalized spacial score (nSPS) is 11.1. The Hall–Kier alpha value is -3.21. The van der Waals surface area contributed by atoms with E-state index in [4.69, 9.17) is 9.47 Å². The molecular weight excluding hydrogens is 364 g/mol. The smallest absolute Gasteiger partial charge is 0.339 e. The minimum absolute atomic E-state index is 0.0239. The standard InChI is InChI=1S/C24H26N2O3/c1-24(2,15-20-10-9-19(16-26-20)23(27)28-3)14-18-7-11-22(12-8-18)29-17-21-6-4-5-13-25-21/h4-13,16H,14-15,17H2,1-3H3. The molecular formula is C24H26N2O3. The second-order valence-electron chi connectivity index (χ2n) is 7.80. The van der Waals surface area contributed by atoms with E-state index in [-0.39, 0.29) is 11.4 Å². The van der Waals surface area contributed by atoms with Gasteiger partial charge in [0.2, 0.25) is 0 Å². The van der Waals surface area contributed by atoms with Gasteiger partial charge in [-0.1, -0.05) is 32.0 Å². The van der Waals surface area contributed by atoms with Gasteiger partial charge in [0.25, 0.3) is 0 Å². The Morgan fingerprint density at radius 2 is 1.72 bits per heavy atom. The average Bonchev–Trinajstić information content (AvgIpc) is 2.73. The molecule has 0 aliphatic carbocycles. The van der Waals surface area contributed by atoms with Crippen molar-refractivity contribution in [3.63, 3.8) is 0 Å². The van der Waals surface area contributed by atoms with Gasteiger partial charge < -0.3 is 9.47 Å². The number of nitrogens with zero attached hydrogens (tertiary/aromatic N) is 2. The number of carbonyl (C=O) groups excluding carboxylic acids is 1. The zero-order chi connectivity index (χ0) is 20.7. The molecule has 2 heterocycles. The lowest BCUT2D eigenvalue weighted by atomic mass is 9.81. The molecule has 0 saturated heterocycles. The van der Waals surface area contributed by atoms with Crippen molar-refractivity contribution in [3.8, 4) is 5.75 Å². The maximum atomic E-state index is 11.5. The van der Waals surface area contributed by atoms with Crippen LogP contribution in [0.15, 0.2) is 67.0 Å². The van der Waals surface area contributed by atoms with E-state index in [0.29, 0.717) is 12.2 Å². The highest BCUT2D eigenvalue weighted by atomic mass is 16.5. The number of hydrogen-bond donors (Lipinski definition) is 0. The molecule has 0 aliphatic rings. The number of rotatable bonds is 8. The van der Waals surface area contributed by atoms with E-state index in [1.807, 2.05) is 36.4 Å². The predicted molar refractivity (Wildman–Crippen MR) is 112 cm³/mol. The van der Waals surface area contributed by atoms with Crippen LogP contribution in [0.3, 0.4) is 0 Å². The van der Waals surface area contributed by atoms with Gasteiger partial charge in [-0.25, -0.2) is 4.79 Å². The van der Waals surface area contributed by atoms with Gasteiger partial charge >= 0.3 is 5.97 Å². The van der Waals surface area contributed by atoms with Crippen LogP contribution in [-0.4, -0.2) is 23.0 Å². The Morgan fingerprint density at radius 3 is 2.34 bits per heavy atom. The Bertz CT molecular complexity index is 921. The van der Waals surface area contributed by atoms with Crippen molar-refractivity contribution in [2.24, 2.45) is 5.41 Å². The fraction of sp³-hybridized carbons (Fsp3) is 0.292. The number of carbonyl (C=O) groups is 1. The third kappa shape index (κ3) is 6.14. The molecule has 0 saturated carbocycles. The van der Waals surface area contributed by atoms with Crippen LogP contribution in [0.2, 0.25) is 0 Å². The van der Waals surface area contributed by atoms with Crippen LogP contribution >= 0.6 is 0 Å². The van der Waals surface area contributed by atoms with Crippen molar-refractivity contribution in [2.45, 2.75) is 33.3 Å². The second kappa shape index (κ2) is 9.32. The molecule has 0 amide bonds. The van der Waals surface area contributed by atoms with Gasteiger partial charge in [0.15, 0.2) is 0 Å². The van der Waals surface area contributed by atoms with Crippen LogP contribution in [0.4, 0.5) is 0 Å². The number of ether oxygens (including phenoxy) is 2. The molecule has 3 aromatic rings. The van der Waals surface area contributed by atoms with Crippen LogP contribution in [0.25, 0.3) is 0 Å². The van der Waals surface area contributed by atoms with E-state index in [0.717, 1.165) is 30.0 Å². The van der Waals surface area contributed by atoms with Crippen LogP contribution in [0, 0.1) is 5.41 Å². The topological polar surface area (TPSA) is 61.3 Å². The number of hydrogen-bond acceptors (Lipinski definition) is 5. The van der Waals surface area contributed by atoms with Gasteiger partial charge in [0.1, 0.15) is 12.4 Å². The molecule has 0 atom stereocenters. The lowest BCUT2D eigenvalue weighted by Gasteiger charge is -2.24. The third-order valence-corrected chi connectivity index (χ3v) is 4.62. The summed E-state index contributed by atoms with van der Waals surface area (Å²) in [5, 5.41) is 0. The summed E-state index contributed by atoms with van der Waals surface area (Å²) < 4.78 is 10.5. The summed E-state index contributed by atoms with van der Waals surface area (Å²) in [6, 6.07) is 17.6.